The molecular weight excluding hydrogens is 292 g/mol. The Hall–Kier alpha value is -1.33. The summed E-state index contributed by atoms with van der Waals surface area (Å²) in [4.78, 5) is 10.2. The SMILES string of the molecule is CCc1nc(NC)c(C)c(NC(C)c2ccc(Cl)s2)n1. The molecule has 2 aromatic rings. The first kappa shape index (κ1) is 15.1. The monoisotopic (exact) mass is 310 g/mol. The molecule has 6 heteroatoms. The highest BCUT2D eigenvalue weighted by Crippen LogP contribution is 2.30. The van der Waals surface area contributed by atoms with Crippen LogP contribution < -0.4 is 10.6 Å². The Kier molecular flexibility index (Phi) is 4.83. The van der Waals surface area contributed by atoms with Crippen LogP contribution >= 0.6 is 22.9 Å². The molecule has 0 aliphatic heterocycles. The maximum atomic E-state index is 5.99. The summed E-state index contributed by atoms with van der Waals surface area (Å²) in [5.74, 6) is 2.58. The molecule has 1 unspecified atom stereocenters. The number of rotatable bonds is 5. The number of aromatic nitrogens is 2. The molecule has 0 radical (unpaired) electrons. The Morgan fingerprint density at radius 1 is 1.30 bits per heavy atom. The molecule has 2 rings (SSSR count). The summed E-state index contributed by atoms with van der Waals surface area (Å²) in [5, 5.41) is 6.57. The summed E-state index contributed by atoms with van der Waals surface area (Å²) in [6, 6.07) is 4.12. The van der Waals surface area contributed by atoms with Gasteiger partial charge in [0.2, 0.25) is 0 Å². The van der Waals surface area contributed by atoms with E-state index in [1.54, 1.807) is 11.3 Å². The zero-order valence-corrected chi connectivity index (χ0v) is 13.7. The molecule has 108 valence electrons. The Morgan fingerprint density at radius 3 is 2.55 bits per heavy atom. The number of nitrogens with one attached hydrogen (secondary N) is 2. The molecule has 0 aliphatic rings. The first-order chi connectivity index (χ1) is 9.55. The third-order valence-electron chi connectivity index (χ3n) is 3.12. The van der Waals surface area contributed by atoms with Gasteiger partial charge in [0.05, 0.1) is 10.4 Å². The topological polar surface area (TPSA) is 49.8 Å². The first-order valence-corrected chi connectivity index (χ1v) is 7.81. The van der Waals surface area contributed by atoms with E-state index < -0.39 is 0 Å². The van der Waals surface area contributed by atoms with E-state index in [0.717, 1.165) is 33.8 Å². The summed E-state index contributed by atoms with van der Waals surface area (Å²) in [6.07, 6.45) is 0.808. The predicted octanol–water partition coefficient (Wildman–Crippen LogP) is 4.28. The molecule has 20 heavy (non-hydrogen) atoms. The van der Waals surface area contributed by atoms with E-state index in [9.17, 15) is 0 Å². The van der Waals surface area contributed by atoms with Crippen molar-refractivity contribution in [3.05, 3.63) is 32.7 Å². The average molecular weight is 311 g/mol. The zero-order valence-electron chi connectivity index (χ0n) is 12.1. The molecule has 0 spiro atoms. The molecule has 1 atom stereocenters. The minimum atomic E-state index is 0.163. The molecule has 2 aromatic heterocycles. The van der Waals surface area contributed by atoms with Crippen LogP contribution in [0.1, 0.15) is 36.2 Å². The zero-order chi connectivity index (χ0) is 14.7. The van der Waals surface area contributed by atoms with Crippen LogP contribution in [0, 0.1) is 6.92 Å². The lowest BCUT2D eigenvalue weighted by Gasteiger charge is -2.17. The van der Waals surface area contributed by atoms with Crippen molar-refractivity contribution < 1.29 is 0 Å². The highest BCUT2D eigenvalue weighted by molar-refractivity contribution is 7.16. The summed E-state index contributed by atoms with van der Waals surface area (Å²) in [6.45, 7) is 6.17. The second-order valence-corrected chi connectivity index (χ2v) is 6.32. The van der Waals surface area contributed by atoms with Crippen molar-refractivity contribution in [2.45, 2.75) is 33.2 Å². The number of hydrogen-bond acceptors (Lipinski definition) is 5. The fourth-order valence-corrected chi connectivity index (χ4v) is 3.01. The second kappa shape index (κ2) is 6.41. The quantitative estimate of drug-likeness (QED) is 0.865. The van der Waals surface area contributed by atoms with Crippen LogP contribution in [-0.4, -0.2) is 17.0 Å². The van der Waals surface area contributed by atoms with Gasteiger partial charge in [-0.15, -0.1) is 11.3 Å². The van der Waals surface area contributed by atoms with E-state index in [-0.39, 0.29) is 6.04 Å². The molecule has 0 saturated heterocycles. The van der Waals surface area contributed by atoms with E-state index >= 15 is 0 Å². The maximum Gasteiger partial charge on any atom is 0.135 e. The fraction of sp³-hybridized carbons (Fsp3) is 0.429. The van der Waals surface area contributed by atoms with Crippen molar-refractivity contribution in [2.75, 3.05) is 17.7 Å². The number of nitrogens with zero attached hydrogens (tertiary/aromatic N) is 2. The molecule has 0 bridgehead atoms. The van der Waals surface area contributed by atoms with Gasteiger partial charge < -0.3 is 10.6 Å². The summed E-state index contributed by atoms with van der Waals surface area (Å²) in [7, 11) is 1.88. The predicted molar refractivity (Wildman–Crippen MR) is 87.1 cm³/mol. The molecule has 0 saturated carbocycles. The normalized spacial score (nSPS) is 12.2. The van der Waals surface area contributed by atoms with Crippen LogP contribution in [0.3, 0.4) is 0 Å². The molecule has 0 aliphatic carbocycles. The fourth-order valence-electron chi connectivity index (χ4n) is 1.94. The highest BCUT2D eigenvalue weighted by Gasteiger charge is 2.14. The van der Waals surface area contributed by atoms with Gasteiger partial charge in [0.15, 0.2) is 0 Å². The standard InChI is InChI=1S/C14H19ClN4S/c1-5-12-18-13(16-4)8(2)14(19-12)17-9(3)10-6-7-11(15)20-10/h6-7,9H,5H2,1-4H3,(H2,16,17,18,19). The van der Waals surface area contributed by atoms with Crippen molar-refractivity contribution in [2.24, 2.45) is 0 Å². The molecule has 0 amide bonds. The van der Waals surface area contributed by atoms with Crippen molar-refractivity contribution in [1.29, 1.82) is 0 Å². The lowest BCUT2D eigenvalue weighted by molar-refractivity contribution is 0.866. The Morgan fingerprint density at radius 2 is 2.00 bits per heavy atom. The Balaban J connectivity index is 2.28. The van der Waals surface area contributed by atoms with Crippen LogP contribution in [0.4, 0.5) is 11.6 Å². The molecule has 2 N–H and O–H groups in total. The van der Waals surface area contributed by atoms with Gasteiger partial charge in [-0.3, -0.25) is 0 Å². The minimum Gasteiger partial charge on any atom is -0.373 e. The van der Waals surface area contributed by atoms with Crippen molar-refractivity contribution in [3.63, 3.8) is 0 Å². The van der Waals surface area contributed by atoms with Crippen molar-refractivity contribution >= 4 is 34.6 Å². The van der Waals surface area contributed by atoms with Gasteiger partial charge in [-0.25, -0.2) is 9.97 Å². The molecule has 4 nitrogen and oxygen atoms in total. The van der Waals surface area contributed by atoms with Gasteiger partial charge >= 0.3 is 0 Å². The number of anilines is 2. The lowest BCUT2D eigenvalue weighted by Crippen LogP contribution is -2.12. The number of halogens is 1. The van der Waals surface area contributed by atoms with Gasteiger partial charge in [-0.2, -0.15) is 0 Å². The molecule has 0 fully saturated rings. The molecular formula is C14H19ClN4S. The molecule has 2 heterocycles. The van der Waals surface area contributed by atoms with Crippen LogP contribution in [-0.2, 0) is 6.42 Å². The largest absolute Gasteiger partial charge is 0.373 e. The summed E-state index contributed by atoms with van der Waals surface area (Å²) >= 11 is 7.57. The van der Waals surface area contributed by atoms with E-state index in [1.165, 1.54) is 4.88 Å². The lowest BCUT2D eigenvalue weighted by atomic mass is 10.2. The number of hydrogen-bond donors (Lipinski definition) is 2. The number of aryl methyl sites for hydroxylation is 1. The average Bonchev–Trinajstić information content (AvgIpc) is 2.87. The second-order valence-electron chi connectivity index (χ2n) is 4.57. The molecule has 0 aromatic carbocycles. The van der Waals surface area contributed by atoms with Crippen LogP contribution in [0.2, 0.25) is 4.34 Å². The van der Waals surface area contributed by atoms with E-state index in [0.29, 0.717) is 0 Å². The Bertz CT molecular complexity index is 597. The van der Waals surface area contributed by atoms with Gasteiger partial charge in [-0.05, 0) is 26.0 Å². The summed E-state index contributed by atoms with van der Waals surface area (Å²) < 4.78 is 0.804. The van der Waals surface area contributed by atoms with Crippen LogP contribution in [0.25, 0.3) is 0 Å². The van der Waals surface area contributed by atoms with Gasteiger partial charge in [-0.1, -0.05) is 18.5 Å². The van der Waals surface area contributed by atoms with Gasteiger partial charge in [0, 0.05) is 23.9 Å². The van der Waals surface area contributed by atoms with Gasteiger partial charge in [0.1, 0.15) is 17.5 Å². The minimum absolute atomic E-state index is 0.163. The third-order valence-corrected chi connectivity index (χ3v) is 4.53. The van der Waals surface area contributed by atoms with Crippen molar-refractivity contribution in [3.8, 4) is 0 Å². The third kappa shape index (κ3) is 3.22. The van der Waals surface area contributed by atoms with Crippen LogP contribution in [0.15, 0.2) is 12.1 Å². The van der Waals surface area contributed by atoms with Crippen molar-refractivity contribution in [1.82, 2.24) is 9.97 Å². The van der Waals surface area contributed by atoms with E-state index in [4.69, 9.17) is 11.6 Å². The number of thiophene rings is 1. The van der Waals surface area contributed by atoms with Gasteiger partial charge in [0.25, 0.3) is 0 Å². The maximum absolute atomic E-state index is 5.99. The summed E-state index contributed by atoms with van der Waals surface area (Å²) in [5.41, 5.74) is 1.03. The van der Waals surface area contributed by atoms with Crippen LogP contribution in [0.5, 0.6) is 0 Å². The highest BCUT2D eigenvalue weighted by atomic mass is 35.5. The van der Waals surface area contributed by atoms with E-state index in [2.05, 4.69) is 34.4 Å². The first-order valence-electron chi connectivity index (χ1n) is 6.62. The Labute approximate surface area is 128 Å². The smallest absolute Gasteiger partial charge is 0.135 e. The van der Waals surface area contributed by atoms with E-state index in [1.807, 2.05) is 26.1 Å².